The monoisotopic (exact) mass is 130 g/mol. The van der Waals surface area contributed by atoms with Crippen molar-refractivity contribution in [1.29, 1.82) is 0 Å². The van der Waals surface area contributed by atoms with Gasteiger partial charge in [0.1, 0.15) is 6.17 Å². The molecule has 54 valence electrons. The van der Waals surface area contributed by atoms with Crippen molar-refractivity contribution in [3.63, 3.8) is 0 Å². The average molecular weight is 130 g/mol. The van der Waals surface area contributed by atoms with Crippen molar-refractivity contribution >= 4 is 0 Å². The molecule has 0 aromatic rings. The van der Waals surface area contributed by atoms with Crippen LogP contribution in [0.5, 0.6) is 0 Å². The molecule has 1 atom stereocenters. The lowest BCUT2D eigenvalue weighted by atomic mass is 10.1. The Morgan fingerprint density at radius 3 is 2.56 bits per heavy atom. The van der Waals surface area contributed by atoms with E-state index in [1.54, 1.807) is 0 Å². The van der Waals surface area contributed by atoms with Crippen LogP contribution in [0.4, 0.5) is 4.39 Å². The molecule has 0 aromatic heterocycles. The Hall–Kier alpha value is -0.330. The van der Waals surface area contributed by atoms with Gasteiger partial charge in [-0.15, -0.1) is 0 Å². The fraction of sp³-hybridized carbons (Fsp3) is 0.750. The molecule has 0 N–H and O–H groups in total. The van der Waals surface area contributed by atoms with Crippen molar-refractivity contribution in [2.45, 2.75) is 39.8 Å². The molecule has 9 heavy (non-hydrogen) atoms. The number of alkyl halides is 1. The van der Waals surface area contributed by atoms with Crippen LogP contribution in [0, 0.1) is 0 Å². The molecule has 0 spiro atoms. The molecule has 0 saturated heterocycles. The molecule has 0 nitrogen and oxygen atoms in total. The maximum absolute atomic E-state index is 12.5. The lowest BCUT2D eigenvalue weighted by Crippen LogP contribution is -1.97. The van der Waals surface area contributed by atoms with Crippen molar-refractivity contribution < 1.29 is 4.39 Å². The second kappa shape index (κ2) is 4.54. The Morgan fingerprint density at radius 2 is 2.22 bits per heavy atom. The normalized spacial score (nSPS) is 15.8. The van der Waals surface area contributed by atoms with Gasteiger partial charge < -0.3 is 0 Å². The standard InChI is InChI=1S/C8H15F/c1-4-7(3)6-8(9)5-2/h4,8H,5-6H2,1-3H3/b7-4-/t8-/m0/s1. The summed E-state index contributed by atoms with van der Waals surface area (Å²) < 4.78 is 12.5. The molecule has 0 bridgehead atoms. The van der Waals surface area contributed by atoms with Crippen LogP contribution in [-0.2, 0) is 0 Å². The molecule has 0 heterocycles. The first-order chi connectivity index (χ1) is 4.20. The summed E-state index contributed by atoms with van der Waals surface area (Å²) >= 11 is 0. The Labute approximate surface area is 56.8 Å². The Kier molecular flexibility index (Phi) is 4.37. The first-order valence-electron chi connectivity index (χ1n) is 3.46. The van der Waals surface area contributed by atoms with E-state index in [0.717, 1.165) is 5.57 Å². The fourth-order valence-corrected chi connectivity index (χ4v) is 0.612. The molecule has 0 aliphatic carbocycles. The predicted molar refractivity (Wildman–Crippen MR) is 39.2 cm³/mol. The first-order valence-corrected chi connectivity index (χ1v) is 3.46. The second-order valence-corrected chi connectivity index (χ2v) is 2.34. The van der Waals surface area contributed by atoms with Crippen LogP contribution < -0.4 is 0 Å². The molecule has 0 fully saturated rings. The number of rotatable bonds is 3. The molecule has 0 saturated carbocycles. The second-order valence-electron chi connectivity index (χ2n) is 2.34. The van der Waals surface area contributed by atoms with E-state index in [1.165, 1.54) is 0 Å². The van der Waals surface area contributed by atoms with Crippen molar-refractivity contribution in [2.24, 2.45) is 0 Å². The highest BCUT2D eigenvalue weighted by molar-refractivity contribution is 4.96. The zero-order valence-corrected chi connectivity index (χ0v) is 6.45. The van der Waals surface area contributed by atoms with Crippen molar-refractivity contribution in [3.8, 4) is 0 Å². The Morgan fingerprint density at radius 1 is 1.67 bits per heavy atom. The van der Waals surface area contributed by atoms with Crippen LogP contribution >= 0.6 is 0 Å². The quantitative estimate of drug-likeness (QED) is 0.515. The molecule has 0 unspecified atom stereocenters. The van der Waals surface area contributed by atoms with Gasteiger partial charge >= 0.3 is 0 Å². The minimum Gasteiger partial charge on any atom is -0.247 e. The molecule has 0 amide bonds. The minimum atomic E-state index is -0.638. The van der Waals surface area contributed by atoms with E-state index in [0.29, 0.717) is 12.8 Å². The zero-order chi connectivity index (χ0) is 7.28. The van der Waals surface area contributed by atoms with Gasteiger partial charge in [-0.2, -0.15) is 0 Å². The summed E-state index contributed by atoms with van der Waals surface area (Å²) in [7, 11) is 0. The SMILES string of the molecule is C/C=C(/C)C[C@@H](F)CC. The van der Waals surface area contributed by atoms with E-state index in [-0.39, 0.29) is 0 Å². The predicted octanol–water partition coefficient (Wildman–Crippen LogP) is 3.09. The fourth-order valence-electron chi connectivity index (χ4n) is 0.612. The average Bonchev–Trinajstić information content (AvgIpc) is 1.87. The van der Waals surface area contributed by atoms with E-state index < -0.39 is 6.17 Å². The van der Waals surface area contributed by atoms with Crippen molar-refractivity contribution in [3.05, 3.63) is 11.6 Å². The number of halogens is 1. The Balaban J connectivity index is 3.47. The molecular weight excluding hydrogens is 115 g/mol. The molecule has 0 aliphatic heterocycles. The maximum Gasteiger partial charge on any atom is 0.104 e. The lowest BCUT2D eigenvalue weighted by molar-refractivity contribution is 0.322. The van der Waals surface area contributed by atoms with Gasteiger partial charge in [-0.05, 0) is 26.7 Å². The molecular formula is C8H15F. The highest BCUT2D eigenvalue weighted by Crippen LogP contribution is 2.09. The van der Waals surface area contributed by atoms with Gasteiger partial charge in [-0.3, -0.25) is 0 Å². The van der Waals surface area contributed by atoms with Crippen molar-refractivity contribution in [1.82, 2.24) is 0 Å². The van der Waals surface area contributed by atoms with Crippen molar-refractivity contribution in [2.75, 3.05) is 0 Å². The summed E-state index contributed by atoms with van der Waals surface area (Å²) in [4.78, 5) is 0. The molecule has 0 rings (SSSR count). The Bertz CT molecular complexity index is 94.7. The van der Waals surface area contributed by atoms with Gasteiger partial charge in [0.25, 0.3) is 0 Å². The molecule has 0 aliphatic rings. The van der Waals surface area contributed by atoms with E-state index in [1.807, 2.05) is 26.8 Å². The van der Waals surface area contributed by atoms with Crippen LogP contribution in [0.25, 0.3) is 0 Å². The van der Waals surface area contributed by atoms with Crippen LogP contribution in [0.3, 0.4) is 0 Å². The number of allylic oxidation sites excluding steroid dienone is 2. The topological polar surface area (TPSA) is 0 Å². The molecule has 1 heteroatoms. The van der Waals surface area contributed by atoms with Crippen LogP contribution in [-0.4, -0.2) is 6.17 Å². The highest BCUT2D eigenvalue weighted by Gasteiger charge is 2.01. The van der Waals surface area contributed by atoms with Gasteiger partial charge in [0.05, 0.1) is 0 Å². The van der Waals surface area contributed by atoms with E-state index >= 15 is 0 Å². The highest BCUT2D eigenvalue weighted by atomic mass is 19.1. The summed E-state index contributed by atoms with van der Waals surface area (Å²) in [6.45, 7) is 5.77. The summed E-state index contributed by atoms with van der Waals surface area (Å²) in [5.41, 5.74) is 1.14. The number of hydrogen-bond acceptors (Lipinski definition) is 0. The van der Waals surface area contributed by atoms with Crippen LogP contribution in [0.15, 0.2) is 11.6 Å². The summed E-state index contributed by atoms with van der Waals surface area (Å²) in [6.07, 6.45) is 2.56. The zero-order valence-electron chi connectivity index (χ0n) is 6.45. The number of hydrogen-bond donors (Lipinski definition) is 0. The summed E-state index contributed by atoms with van der Waals surface area (Å²) in [5, 5.41) is 0. The van der Waals surface area contributed by atoms with Crippen LogP contribution in [0.2, 0.25) is 0 Å². The molecule has 0 radical (unpaired) electrons. The van der Waals surface area contributed by atoms with Gasteiger partial charge in [-0.1, -0.05) is 18.6 Å². The third-order valence-corrected chi connectivity index (χ3v) is 1.48. The largest absolute Gasteiger partial charge is 0.247 e. The lowest BCUT2D eigenvalue weighted by Gasteiger charge is -2.02. The van der Waals surface area contributed by atoms with E-state index in [2.05, 4.69) is 0 Å². The van der Waals surface area contributed by atoms with Gasteiger partial charge in [0.2, 0.25) is 0 Å². The van der Waals surface area contributed by atoms with Crippen LogP contribution in [0.1, 0.15) is 33.6 Å². The summed E-state index contributed by atoms with van der Waals surface area (Å²) in [6, 6.07) is 0. The third-order valence-electron chi connectivity index (χ3n) is 1.48. The van der Waals surface area contributed by atoms with Gasteiger partial charge in [-0.25, -0.2) is 4.39 Å². The minimum absolute atomic E-state index is 0.604. The smallest absolute Gasteiger partial charge is 0.104 e. The van der Waals surface area contributed by atoms with Gasteiger partial charge in [0.15, 0.2) is 0 Å². The molecule has 0 aromatic carbocycles. The van der Waals surface area contributed by atoms with Gasteiger partial charge in [0, 0.05) is 0 Å². The van der Waals surface area contributed by atoms with E-state index in [9.17, 15) is 4.39 Å². The maximum atomic E-state index is 12.5. The van der Waals surface area contributed by atoms with E-state index in [4.69, 9.17) is 0 Å². The third kappa shape index (κ3) is 4.19. The first kappa shape index (κ1) is 8.67. The summed E-state index contributed by atoms with van der Waals surface area (Å²) in [5.74, 6) is 0.